The van der Waals surface area contributed by atoms with Crippen molar-refractivity contribution in [1.29, 1.82) is 0 Å². The SMILES string of the molecule is Cc1cccc(CCOC(=O)O)n1. The molecule has 1 aromatic rings. The van der Waals surface area contributed by atoms with Crippen molar-refractivity contribution >= 4 is 6.16 Å². The summed E-state index contributed by atoms with van der Waals surface area (Å²) >= 11 is 0. The molecular formula is C9H11NO3. The van der Waals surface area contributed by atoms with E-state index in [1.807, 2.05) is 25.1 Å². The van der Waals surface area contributed by atoms with E-state index in [1.165, 1.54) is 0 Å². The molecule has 0 aromatic carbocycles. The molecule has 0 radical (unpaired) electrons. The largest absolute Gasteiger partial charge is 0.505 e. The van der Waals surface area contributed by atoms with Crippen LogP contribution in [0.15, 0.2) is 18.2 Å². The molecule has 4 nitrogen and oxygen atoms in total. The van der Waals surface area contributed by atoms with E-state index in [1.54, 1.807) is 0 Å². The summed E-state index contributed by atoms with van der Waals surface area (Å²) in [4.78, 5) is 14.2. The average Bonchev–Trinajstić information content (AvgIpc) is 2.03. The molecule has 1 heterocycles. The maximum absolute atomic E-state index is 10.0. The van der Waals surface area contributed by atoms with Gasteiger partial charge in [0, 0.05) is 17.8 Å². The molecule has 0 saturated carbocycles. The summed E-state index contributed by atoms with van der Waals surface area (Å²) in [5, 5.41) is 8.20. The van der Waals surface area contributed by atoms with Gasteiger partial charge in [0.2, 0.25) is 0 Å². The maximum Gasteiger partial charge on any atom is 0.505 e. The van der Waals surface area contributed by atoms with Gasteiger partial charge in [-0.2, -0.15) is 0 Å². The molecule has 0 bridgehead atoms. The lowest BCUT2D eigenvalue weighted by atomic mass is 10.2. The van der Waals surface area contributed by atoms with E-state index in [2.05, 4.69) is 9.72 Å². The van der Waals surface area contributed by atoms with Crippen molar-refractivity contribution in [2.24, 2.45) is 0 Å². The Bertz CT molecular complexity index is 299. The molecule has 4 heteroatoms. The summed E-state index contributed by atoms with van der Waals surface area (Å²) in [6.07, 6.45) is -0.721. The number of nitrogens with zero attached hydrogens (tertiary/aromatic N) is 1. The first-order chi connectivity index (χ1) is 6.18. The fourth-order valence-corrected chi connectivity index (χ4v) is 0.982. The molecule has 0 atom stereocenters. The third-order valence-corrected chi connectivity index (χ3v) is 1.53. The number of carboxylic acid groups (broad SMARTS) is 1. The summed E-state index contributed by atoms with van der Waals surface area (Å²) < 4.78 is 4.36. The molecular weight excluding hydrogens is 170 g/mol. The van der Waals surface area contributed by atoms with E-state index >= 15 is 0 Å². The third-order valence-electron chi connectivity index (χ3n) is 1.53. The van der Waals surface area contributed by atoms with Crippen LogP contribution < -0.4 is 0 Å². The maximum atomic E-state index is 10.0. The normalized spacial score (nSPS) is 9.62. The monoisotopic (exact) mass is 181 g/mol. The molecule has 0 fully saturated rings. The summed E-state index contributed by atoms with van der Waals surface area (Å²) in [7, 11) is 0. The highest BCUT2D eigenvalue weighted by atomic mass is 16.7. The highest BCUT2D eigenvalue weighted by Crippen LogP contribution is 1.99. The van der Waals surface area contributed by atoms with Gasteiger partial charge in [0.1, 0.15) is 6.61 Å². The Kier molecular flexibility index (Phi) is 3.25. The molecule has 0 aliphatic heterocycles. The van der Waals surface area contributed by atoms with E-state index in [0.717, 1.165) is 11.4 Å². The molecule has 0 amide bonds. The van der Waals surface area contributed by atoms with Crippen LogP contribution in [0.4, 0.5) is 4.79 Å². The first kappa shape index (κ1) is 9.51. The predicted molar refractivity (Wildman–Crippen MR) is 46.7 cm³/mol. The quantitative estimate of drug-likeness (QED) is 0.720. The predicted octanol–water partition coefficient (Wildman–Crippen LogP) is 1.63. The minimum Gasteiger partial charge on any atom is -0.450 e. The van der Waals surface area contributed by atoms with Crippen LogP contribution in [0.25, 0.3) is 0 Å². The van der Waals surface area contributed by atoms with Crippen molar-refractivity contribution in [1.82, 2.24) is 4.98 Å². The fraction of sp³-hybridized carbons (Fsp3) is 0.333. The van der Waals surface area contributed by atoms with Crippen molar-refractivity contribution in [3.05, 3.63) is 29.6 Å². The Morgan fingerprint density at radius 3 is 3.00 bits per heavy atom. The number of rotatable bonds is 3. The van der Waals surface area contributed by atoms with Crippen LogP contribution in [0.3, 0.4) is 0 Å². The first-order valence-corrected chi connectivity index (χ1v) is 3.97. The zero-order valence-electron chi connectivity index (χ0n) is 7.36. The Morgan fingerprint density at radius 1 is 1.62 bits per heavy atom. The Labute approximate surface area is 76.2 Å². The lowest BCUT2D eigenvalue weighted by Gasteiger charge is -2.00. The number of hydrogen-bond acceptors (Lipinski definition) is 3. The highest BCUT2D eigenvalue weighted by molar-refractivity contribution is 5.56. The van der Waals surface area contributed by atoms with E-state index < -0.39 is 6.16 Å². The second-order valence-electron chi connectivity index (χ2n) is 2.63. The molecule has 0 unspecified atom stereocenters. The van der Waals surface area contributed by atoms with Gasteiger partial charge in [-0.15, -0.1) is 0 Å². The number of ether oxygens (including phenoxy) is 1. The molecule has 0 aliphatic carbocycles. The minimum absolute atomic E-state index is 0.159. The van der Waals surface area contributed by atoms with Gasteiger partial charge >= 0.3 is 6.16 Å². The molecule has 1 N–H and O–H groups in total. The van der Waals surface area contributed by atoms with Crippen molar-refractivity contribution in [2.75, 3.05) is 6.61 Å². The van der Waals surface area contributed by atoms with Gasteiger partial charge in [-0.05, 0) is 19.1 Å². The molecule has 1 aromatic heterocycles. The Balaban J connectivity index is 2.41. The number of carbonyl (C=O) groups is 1. The van der Waals surface area contributed by atoms with E-state index in [9.17, 15) is 4.79 Å². The summed E-state index contributed by atoms with van der Waals surface area (Å²) in [6.45, 7) is 2.05. The summed E-state index contributed by atoms with van der Waals surface area (Å²) in [5.41, 5.74) is 1.77. The van der Waals surface area contributed by atoms with Crippen LogP contribution >= 0.6 is 0 Å². The van der Waals surface area contributed by atoms with Crippen LogP contribution in [0.2, 0.25) is 0 Å². The highest BCUT2D eigenvalue weighted by Gasteiger charge is 1.98. The lowest BCUT2D eigenvalue weighted by molar-refractivity contribution is 0.0925. The zero-order chi connectivity index (χ0) is 9.68. The van der Waals surface area contributed by atoms with E-state index in [4.69, 9.17) is 5.11 Å². The van der Waals surface area contributed by atoms with E-state index in [0.29, 0.717) is 6.42 Å². The summed E-state index contributed by atoms with van der Waals surface area (Å²) in [5.74, 6) is 0. The Morgan fingerprint density at radius 2 is 2.38 bits per heavy atom. The molecule has 0 spiro atoms. The fourth-order valence-electron chi connectivity index (χ4n) is 0.982. The standard InChI is InChI=1S/C9H11NO3/c1-7-3-2-4-8(10-7)5-6-13-9(11)12/h2-4H,5-6H2,1H3,(H,11,12). The lowest BCUT2D eigenvalue weighted by Crippen LogP contribution is -2.05. The molecule has 13 heavy (non-hydrogen) atoms. The van der Waals surface area contributed by atoms with Gasteiger partial charge in [0.25, 0.3) is 0 Å². The van der Waals surface area contributed by atoms with Gasteiger partial charge in [0.05, 0.1) is 0 Å². The molecule has 0 aliphatic rings. The van der Waals surface area contributed by atoms with Gasteiger partial charge < -0.3 is 9.84 Å². The average molecular weight is 181 g/mol. The molecule has 0 saturated heterocycles. The zero-order valence-corrected chi connectivity index (χ0v) is 7.36. The topological polar surface area (TPSA) is 59.4 Å². The van der Waals surface area contributed by atoms with Crippen molar-refractivity contribution in [3.63, 3.8) is 0 Å². The minimum atomic E-state index is -1.24. The van der Waals surface area contributed by atoms with Gasteiger partial charge in [0.15, 0.2) is 0 Å². The van der Waals surface area contributed by atoms with Crippen LogP contribution in [0.5, 0.6) is 0 Å². The van der Waals surface area contributed by atoms with Crippen LogP contribution in [-0.2, 0) is 11.2 Å². The van der Waals surface area contributed by atoms with E-state index in [-0.39, 0.29) is 6.61 Å². The first-order valence-electron chi connectivity index (χ1n) is 3.97. The van der Waals surface area contributed by atoms with Crippen molar-refractivity contribution in [2.45, 2.75) is 13.3 Å². The van der Waals surface area contributed by atoms with Crippen LogP contribution in [0.1, 0.15) is 11.4 Å². The second-order valence-corrected chi connectivity index (χ2v) is 2.63. The molecule has 70 valence electrons. The number of hydrogen-bond donors (Lipinski definition) is 1. The third kappa shape index (κ3) is 3.55. The molecule has 1 rings (SSSR count). The van der Waals surface area contributed by atoms with Crippen molar-refractivity contribution < 1.29 is 14.6 Å². The number of aryl methyl sites for hydroxylation is 1. The Hall–Kier alpha value is -1.58. The van der Waals surface area contributed by atoms with Crippen molar-refractivity contribution in [3.8, 4) is 0 Å². The van der Waals surface area contributed by atoms with Gasteiger partial charge in [-0.25, -0.2) is 4.79 Å². The van der Waals surface area contributed by atoms with Gasteiger partial charge in [-0.3, -0.25) is 4.98 Å². The van der Waals surface area contributed by atoms with Crippen LogP contribution in [-0.4, -0.2) is 22.9 Å². The smallest absolute Gasteiger partial charge is 0.450 e. The summed E-state index contributed by atoms with van der Waals surface area (Å²) in [6, 6.07) is 5.62. The number of pyridine rings is 1. The van der Waals surface area contributed by atoms with Gasteiger partial charge in [-0.1, -0.05) is 6.07 Å². The number of aromatic nitrogens is 1. The second kappa shape index (κ2) is 4.45. The van der Waals surface area contributed by atoms with Crippen LogP contribution in [0, 0.1) is 6.92 Å².